The van der Waals surface area contributed by atoms with E-state index < -0.39 is 11.7 Å². The maximum atomic E-state index is 12.6. The zero-order chi connectivity index (χ0) is 12.7. The van der Waals surface area contributed by atoms with Crippen LogP contribution in [0.2, 0.25) is 0 Å². The lowest BCUT2D eigenvalue weighted by molar-refractivity contribution is -0.137. The van der Waals surface area contributed by atoms with Crippen LogP contribution in [0.15, 0.2) is 24.3 Å². The van der Waals surface area contributed by atoms with Gasteiger partial charge < -0.3 is 5.32 Å². The summed E-state index contributed by atoms with van der Waals surface area (Å²) >= 11 is 0. The normalized spacial score (nSPS) is 23.9. The fraction of sp³-hybridized carbons (Fsp3) is 0.538. The van der Waals surface area contributed by atoms with Crippen molar-refractivity contribution in [2.45, 2.75) is 37.9 Å². The van der Waals surface area contributed by atoms with Crippen molar-refractivity contribution in [2.75, 3.05) is 6.54 Å². The zero-order valence-corrected chi connectivity index (χ0v) is 9.93. The highest BCUT2D eigenvalue weighted by atomic mass is 19.4. The minimum atomic E-state index is -4.26. The highest BCUT2D eigenvalue weighted by Gasteiger charge is 2.37. The van der Waals surface area contributed by atoms with Crippen molar-refractivity contribution in [3.8, 4) is 0 Å². The summed E-state index contributed by atoms with van der Waals surface area (Å²) in [6.07, 6.45) is -3.37. The summed E-state index contributed by atoms with van der Waals surface area (Å²) in [6.45, 7) is 4.92. The molecule has 1 aliphatic rings. The summed E-state index contributed by atoms with van der Waals surface area (Å²) in [5, 5.41) is 3.32. The molecule has 0 unspecified atom stereocenters. The minimum absolute atomic E-state index is 0.135. The zero-order valence-electron chi connectivity index (χ0n) is 9.93. The topological polar surface area (TPSA) is 12.0 Å². The van der Waals surface area contributed by atoms with Gasteiger partial charge in [-0.3, -0.25) is 0 Å². The number of hydrogen-bond donors (Lipinski definition) is 1. The minimum Gasteiger partial charge on any atom is -0.311 e. The molecule has 1 saturated heterocycles. The number of alkyl halides is 3. The first-order valence-electron chi connectivity index (χ1n) is 5.73. The number of hydrogen-bond acceptors (Lipinski definition) is 1. The molecule has 1 N–H and O–H groups in total. The molecule has 0 bridgehead atoms. The molecule has 0 aromatic heterocycles. The first kappa shape index (κ1) is 12.4. The quantitative estimate of drug-likeness (QED) is 0.795. The van der Waals surface area contributed by atoms with Crippen molar-refractivity contribution < 1.29 is 13.2 Å². The molecule has 94 valence electrons. The molecule has 1 nitrogen and oxygen atoms in total. The monoisotopic (exact) mass is 243 g/mol. The lowest BCUT2D eigenvalue weighted by Crippen LogP contribution is -2.36. The Kier molecular flexibility index (Phi) is 2.94. The molecule has 1 atom stereocenters. The number of halogens is 3. The lowest BCUT2D eigenvalue weighted by Gasteiger charge is -2.28. The van der Waals surface area contributed by atoms with Crippen LogP contribution in [0.1, 0.15) is 37.3 Å². The average Bonchev–Trinajstić information content (AvgIpc) is 2.57. The van der Waals surface area contributed by atoms with E-state index in [0.29, 0.717) is 0 Å². The first-order valence-corrected chi connectivity index (χ1v) is 5.73. The van der Waals surface area contributed by atoms with Gasteiger partial charge in [-0.15, -0.1) is 0 Å². The third-order valence-electron chi connectivity index (χ3n) is 3.50. The van der Waals surface area contributed by atoms with Gasteiger partial charge in [0.05, 0.1) is 5.56 Å². The Hall–Kier alpha value is -1.03. The van der Waals surface area contributed by atoms with Gasteiger partial charge in [0.2, 0.25) is 0 Å². The second kappa shape index (κ2) is 4.02. The summed E-state index contributed by atoms with van der Waals surface area (Å²) in [6, 6.07) is 5.68. The Morgan fingerprint density at radius 3 is 2.53 bits per heavy atom. The molecule has 2 rings (SSSR count). The molecule has 0 amide bonds. The predicted molar refractivity (Wildman–Crippen MR) is 60.9 cm³/mol. The van der Waals surface area contributed by atoms with Gasteiger partial charge >= 0.3 is 6.18 Å². The van der Waals surface area contributed by atoms with Crippen LogP contribution in [0.4, 0.5) is 13.2 Å². The highest BCUT2D eigenvalue weighted by Crippen LogP contribution is 2.38. The Balaban J connectivity index is 2.34. The molecule has 1 aliphatic heterocycles. The van der Waals surface area contributed by atoms with Gasteiger partial charge in [-0.25, -0.2) is 0 Å². The van der Waals surface area contributed by atoms with E-state index in [-0.39, 0.29) is 11.5 Å². The van der Waals surface area contributed by atoms with Gasteiger partial charge in [0.25, 0.3) is 0 Å². The average molecular weight is 243 g/mol. The Bertz CT molecular complexity index is 409. The van der Waals surface area contributed by atoms with E-state index in [2.05, 4.69) is 5.32 Å². The van der Waals surface area contributed by atoms with Gasteiger partial charge in [-0.1, -0.05) is 18.2 Å². The molecule has 1 heterocycles. The molecule has 0 spiro atoms. The smallest absolute Gasteiger partial charge is 0.311 e. The Morgan fingerprint density at radius 1 is 1.29 bits per heavy atom. The Labute approximate surface area is 99.0 Å². The van der Waals surface area contributed by atoms with Crippen molar-refractivity contribution in [1.29, 1.82) is 0 Å². The second-order valence-corrected chi connectivity index (χ2v) is 5.11. The van der Waals surface area contributed by atoms with E-state index in [4.69, 9.17) is 0 Å². The molecule has 17 heavy (non-hydrogen) atoms. The van der Waals surface area contributed by atoms with Crippen LogP contribution >= 0.6 is 0 Å². The van der Waals surface area contributed by atoms with Crippen LogP contribution in [0.3, 0.4) is 0 Å². The lowest BCUT2D eigenvalue weighted by atomic mass is 9.83. The standard InChI is InChI=1S/C13H16F3N/c1-12(2)11(6-7-17-12)9-4-3-5-10(8-9)13(14,15)16/h3-5,8,11,17H,6-7H2,1-2H3/t11-/m0/s1. The van der Waals surface area contributed by atoms with E-state index in [1.54, 1.807) is 6.07 Å². The summed E-state index contributed by atoms with van der Waals surface area (Å²) in [5.74, 6) is 0.143. The van der Waals surface area contributed by atoms with Crippen LogP contribution in [-0.2, 0) is 6.18 Å². The third kappa shape index (κ3) is 2.46. The largest absolute Gasteiger partial charge is 0.416 e. The number of nitrogens with one attached hydrogen (secondary N) is 1. The predicted octanol–water partition coefficient (Wildman–Crippen LogP) is 3.56. The fourth-order valence-electron chi connectivity index (χ4n) is 2.54. The first-order chi connectivity index (χ1) is 7.81. The van der Waals surface area contributed by atoms with Crippen molar-refractivity contribution >= 4 is 0 Å². The molecular formula is C13H16F3N. The van der Waals surface area contributed by atoms with Crippen LogP contribution in [0.5, 0.6) is 0 Å². The maximum absolute atomic E-state index is 12.6. The van der Waals surface area contributed by atoms with Gasteiger partial charge in [-0.2, -0.15) is 13.2 Å². The molecule has 4 heteroatoms. The van der Waals surface area contributed by atoms with Crippen molar-refractivity contribution in [3.05, 3.63) is 35.4 Å². The molecule has 0 saturated carbocycles. The van der Waals surface area contributed by atoms with Crippen LogP contribution in [0, 0.1) is 0 Å². The summed E-state index contributed by atoms with van der Waals surface area (Å²) in [4.78, 5) is 0. The van der Waals surface area contributed by atoms with E-state index in [9.17, 15) is 13.2 Å². The van der Waals surface area contributed by atoms with Crippen molar-refractivity contribution in [1.82, 2.24) is 5.32 Å². The molecule has 1 fully saturated rings. The summed E-state index contributed by atoms with van der Waals surface area (Å²) in [7, 11) is 0. The van der Waals surface area contributed by atoms with Gasteiger partial charge in [0, 0.05) is 11.5 Å². The Morgan fingerprint density at radius 2 is 2.00 bits per heavy atom. The van der Waals surface area contributed by atoms with E-state index in [0.717, 1.165) is 24.6 Å². The number of benzene rings is 1. The van der Waals surface area contributed by atoms with Gasteiger partial charge in [0.15, 0.2) is 0 Å². The van der Waals surface area contributed by atoms with Crippen molar-refractivity contribution in [3.63, 3.8) is 0 Å². The van der Waals surface area contributed by atoms with E-state index in [1.165, 1.54) is 12.1 Å². The SMILES string of the molecule is CC1(C)NCC[C@H]1c1cccc(C(F)(F)F)c1. The van der Waals surface area contributed by atoms with Crippen LogP contribution < -0.4 is 5.32 Å². The number of rotatable bonds is 1. The van der Waals surface area contributed by atoms with Crippen LogP contribution in [-0.4, -0.2) is 12.1 Å². The summed E-state index contributed by atoms with van der Waals surface area (Å²) < 4.78 is 37.9. The molecule has 0 aliphatic carbocycles. The third-order valence-corrected chi connectivity index (χ3v) is 3.50. The van der Waals surface area contributed by atoms with E-state index >= 15 is 0 Å². The maximum Gasteiger partial charge on any atom is 0.416 e. The van der Waals surface area contributed by atoms with Gasteiger partial charge in [-0.05, 0) is 38.4 Å². The van der Waals surface area contributed by atoms with E-state index in [1.807, 2.05) is 13.8 Å². The molecule has 0 radical (unpaired) electrons. The molecular weight excluding hydrogens is 227 g/mol. The molecule has 1 aromatic rings. The second-order valence-electron chi connectivity index (χ2n) is 5.11. The summed E-state index contributed by atoms with van der Waals surface area (Å²) in [5.41, 5.74) is 0.0806. The van der Waals surface area contributed by atoms with Crippen LogP contribution in [0.25, 0.3) is 0 Å². The van der Waals surface area contributed by atoms with Crippen molar-refractivity contribution in [2.24, 2.45) is 0 Å². The molecule has 1 aromatic carbocycles. The highest BCUT2D eigenvalue weighted by molar-refractivity contribution is 5.31. The van der Waals surface area contributed by atoms with Gasteiger partial charge in [0.1, 0.15) is 0 Å². The fourth-order valence-corrected chi connectivity index (χ4v) is 2.54.